The van der Waals surface area contributed by atoms with Crippen LogP contribution in [-0.2, 0) is 19.1 Å². The Kier molecular flexibility index (Phi) is 5.55. The first-order chi connectivity index (χ1) is 13.3. The van der Waals surface area contributed by atoms with Crippen molar-refractivity contribution in [3.05, 3.63) is 87.4 Å². The Morgan fingerprint density at radius 3 is 2.57 bits per heavy atom. The lowest BCUT2D eigenvalue weighted by atomic mass is 9.92. The molecule has 0 spiro atoms. The second-order valence-electron chi connectivity index (χ2n) is 6.88. The summed E-state index contributed by atoms with van der Waals surface area (Å²) in [5.41, 5.74) is -1.08. The van der Waals surface area contributed by atoms with Gasteiger partial charge in [0, 0.05) is 12.2 Å². The summed E-state index contributed by atoms with van der Waals surface area (Å²) >= 11 is 0. The molecule has 1 aliphatic carbocycles. The second kappa shape index (κ2) is 7.89. The highest BCUT2D eigenvalue weighted by Crippen LogP contribution is 2.34. The van der Waals surface area contributed by atoms with Crippen LogP contribution in [0.4, 0.5) is 13.2 Å². The van der Waals surface area contributed by atoms with Crippen molar-refractivity contribution in [2.24, 2.45) is 5.92 Å². The Morgan fingerprint density at radius 1 is 1.25 bits per heavy atom. The van der Waals surface area contributed by atoms with E-state index < -0.39 is 22.9 Å². The molecule has 2 aromatic rings. The van der Waals surface area contributed by atoms with E-state index in [1.54, 1.807) is 12.2 Å². The molecule has 3 nitrogen and oxygen atoms in total. The predicted molar refractivity (Wildman–Crippen MR) is 101 cm³/mol. The number of aryl methyl sites for hydroxylation is 1. The van der Waals surface area contributed by atoms with Gasteiger partial charge in [-0.2, -0.15) is 18.4 Å². The van der Waals surface area contributed by atoms with Crippen LogP contribution >= 0.6 is 0 Å². The normalized spacial score (nSPS) is 16.5. The predicted octanol–water partition coefficient (Wildman–Crippen LogP) is 4.96. The minimum Gasteiger partial charge on any atom is -0.307 e. The van der Waals surface area contributed by atoms with Gasteiger partial charge in [-0.1, -0.05) is 55.5 Å². The first-order valence-electron chi connectivity index (χ1n) is 8.98. The lowest BCUT2D eigenvalue weighted by molar-refractivity contribution is -0.138. The summed E-state index contributed by atoms with van der Waals surface area (Å²) in [6.45, 7) is 2.16. The molecule has 1 atom stereocenters. The van der Waals surface area contributed by atoms with Gasteiger partial charge in [0.05, 0.1) is 5.56 Å². The number of nitriles is 1. The number of allylic oxidation sites excluding steroid dienone is 4. The molecular formula is C22H19F3N2O. The molecule has 1 aromatic carbocycles. The van der Waals surface area contributed by atoms with Crippen LogP contribution in [0.25, 0.3) is 5.57 Å². The average Bonchev–Trinajstić information content (AvgIpc) is 2.66. The lowest BCUT2D eigenvalue weighted by Crippen LogP contribution is -2.30. The fraction of sp³-hybridized carbons (Fsp3) is 0.273. The molecule has 1 unspecified atom stereocenters. The number of aromatic nitrogens is 1. The van der Waals surface area contributed by atoms with E-state index in [4.69, 9.17) is 0 Å². The van der Waals surface area contributed by atoms with Crippen LogP contribution in [0.3, 0.4) is 0 Å². The monoisotopic (exact) mass is 384 g/mol. The number of halogens is 3. The van der Waals surface area contributed by atoms with E-state index in [0.717, 1.165) is 11.6 Å². The van der Waals surface area contributed by atoms with E-state index in [1.807, 2.05) is 43.3 Å². The van der Waals surface area contributed by atoms with Gasteiger partial charge in [-0.3, -0.25) is 4.79 Å². The van der Waals surface area contributed by atoms with Crippen LogP contribution < -0.4 is 5.56 Å². The van der Waals surface area contributed by atoms with E-state index in [2.05, 4.69) is 0 Å². The molecule has 0 fully saturated rings. The first kappa shape index (κ1) is 19.7. The quantitative estimate of drug-likeness (QED) is 0.748. The van der Waals surface area contributed by atoms with Gasteiger partial charge in [-0.25, -0.2) is 0 Å². The Bertz CT molecular complexity index is 1020. The molecule has 0 radical (unpaired) electrons. The molecule has 3 rings (SSSR count). The zero-order valence-corrected chi connectivity index (χ0v) is 15.3. The van der Waals surface area contributed by atoms with E-state index in [9.17, 15) is 23.2 Å². The van der Waals surface area contributed by atoms with Crippen LogP contribution in [0.2, 0.25) is 0 Å². The number of hydrogen-bond donors (Lipinski definition) is 0. The standard InChI is InChI=1S/C22H19F3N2O/c1-15-6-5-9-17(12-15)20-13-19(22(23,24)25)18(14-26)21(28)27(20)11-10-16-7-3-2-4-8-16/h2-9,13,15H,10-12H2,1H3. The SMILES string of the molecule is CC1C=CC=C(c2cc(C(F)(F)F)c(C#N)c(=O)n2CCc2ccccc2)C1. The maximum absolute atomic E-state index is 13.5. The smallest absolute Gasteiger partial charge is 0.307 e. The minimum absolute atomic E-state index is 0.155. The van der Waals surface area contributed by atoms with Crippen LogP contribution in [0.1, 0.15) is 35.7 Å². The molecule has 28 heavy (non-hydrogen) atoms. The molecule has 0 aliphatic heterocycles. The van der Waals surface area contributed by atoms with Gasteiger partial charge in [0.1, 0.15) is 11.6 Å². The molecule has 0 amide bonds. The van der Waals surface area contributed by atoms with Crippen molar-refractivity contribution in [1.29, 1.82) is 5.26 Å². The minimum atomic E-state index is -4.77. The summed E-state index contributed by atoms with van der Waals surface area (Å²) < 4.78 is 41.8. The van der Waals surface area contributed by atoms with Crippen molar-refractivity contribution in [1.82, 2.24) is 4.57 Å². The Morgan fingerprint density at radius 2 is 1.96 bits per heavy atom. The number of hydrogen-bond acceptors (Lipinski definition) is 2. The van der Waals surface area contributed by atoms with Crippen LogP contribution in [-0.4, -0.2) is 4.57 Å². The molecule has 1 aromatic heterocycles. The molecular weight excluding hydrogens is 365 g/mol. The van der Waals surface area contributed by atoms with Gasteiger partial charge < -0.3 is 4.57 Å². The van der Waals surface area contributed by atoms with Crippen LogP contribution in [0.15, 0.2) is 59.4 Å². The molecule has 0 saturated carbocycles. The first-order valence-corrected chi connectivity index (χ1v) is 8.98. The average molecular weight is 384 g/mol. The highest BCUT2D eigenvalue weighted by Gasteiger charge is 2.36. The van der Waals surface area contributed by atoms with Crippen molar-refractivity contribution in [2.45, 2.75) is 32.5 Å². The zero-order chi connectivity index (χ0) is 20.3. The number of nitrogens with zero attached hydrogens (tertiary/aromatic N) is 2. The highest BCUT2D eigenvalue weighted by atomic mass is 19.4. The summed E-state index contributed by atoms with van der Waals surface area (Å²) in [7, 11) is 0. The molecule has 0 N–H and O–H groups in total. The summed E-state index contributed by atoms with van der Waals surface area (Å²) in [5, 5.41) is 9.23. The van der Waals surface area contributed by atoms with Crippen molar-refractivity contribution in [2.75, 3.05) is 0 Å². The topological polar surface area (TPSA) is 45.8 Å². The number of rotatable bonds is 4. The van der Waals surface area contributed by atoms with Crippen LogP contribution in [0.5, 0.6) is 0 Å². The van der Waals surface area contributed by atoms with Crippen molar-refractivity contribution < 1.29 is 13.2 Å². The maximum atomic E-state index is 13.5. The van der Waals surface area contributed by atoms with Gasteiger partial charge >= 0.3 is 6.18 Å². The summed E-state index contributed by atoms with van der Waals surface area (Å²) in [4.78, 5) is 12.8. The van der Waals surface area contributed by atoms with Crippen LogP contribution in [0, 0.1) is 17.2 Å². The highest BCUT2D eigenvalue weighted by molar-refractivity contribution is 5.67. The number of pyridine rings is 1. The van der Waals surface area contributed by atoms with Gasteiger partial charge in [-0.05, 0) is 36.0 Å². The number of alkyl halides is 3. The summed E-state index contributed by atoms with van der Waals surface area (Å²) in [6, 6.07) is 11.8. The van der Waals surface area contributed by atoms with E-state index in [1.165, 1.54) is 10.6 Å². The number of benzene rings is 1. The zero-order valence-electron chi connectivity index (χ0n) is 15.3. The third-order valence-corrected chi connectivity index (χ3v) is 4.79. The van der Waals surface area contributed by atoms with Crippen molar-refractivity contribution >= 4 is 5.57 Å². The molecule has 144 valence electrons. The third-order valence-electron chi connectivity index (χ3n) is 4.79. The summed E-state index contributed by atoms with van der Waals surface area (Å²) in [6.07, 6.45) is 1.73. The molecule has 0 bridgehead atoms. The Balaban J connectivity index is 2.15. The van der Waals surface area contributed by atoms with Gasteiger partial charge in [0.2, 0.25) is 0 Å². The molecule has 1 heterocycles. The fourth-order valence-electron chi connectivity index (χ4n) is 3.39. The van der Waals surface area contributed by atoms with E-state index in [-0.39, 0.29) is 18.2 Å². The van der Waals surface area contributed by atoms with Gasteiger partial charge in [0.25, 0.3) is 5.56 Å². The molecule has 1 aliphatic rings. The molecule has 0 saturated heterocycles. The van der Waals surface area contributed by atoms with Gasteiger partial charge in [0.15, 0.2) is 0 Å². The second-order valence-corrected chi connectivity index (χ2v) is 6.88. The van der Waals surface area contributed by atoms with Crippen molar-refractivity contribution in [3.8, 4) is 6.07 Å². The maximum Gasteiger partial charge on any atom is 0.417 e. The van der Waals surface area contributed by atoms with E-state index in [0.29, 0.717) is 18.4 Å². The third kappa shape index (κ3) is 4.09. The Hall–Kier alpha value is -3.07. The Labute approximate surface area is 161 Å². The van der Waals surface area contributed by atoms with E-state index >= 15 is 0 Å². The fourth-order valence-corrected chi connectivity index (χ4v) is 3.39. The summed E-state index contributed by atoms with van der Waals surface area (Å²) in [5.74, 6) is 0.155. The van der Waals surface area contributed by atoms with Crippen molar-refractivity contribution in [3.63, 3.8) is 0 Å². The van der Waals surface area contributed by atoms with Gasteiger partial charge in [-0.15, -0.1) is 0 Å². The largest absolute Gasteiger partial charge is 0.417 e. The lowest BCUT2D eigenvalue weighted by Gasteiger charge is -2.21. The molecule has 6 heteroatoms.